The number of likely N-dealkylation sites (tertiary alicyclic amines) is 1. The molecule has 1 aromatic rings. The Balaban J connectivity index is 0.00000338. The first-order valence-electron chi connectivity index (χ1n) is 9.20. The number of nitrogens with one attached hydrogen (secondary N) is 1. The van der Waals surface area contributed by atoms with Gasteiger partial charge in [0.15, 0.2) is 5.96 Å². The minimum absolute atomic E-state index is 0. The van der Waals surface area contributed by atoms with E-state index in [2.05, 4.69) is 48.5 Å². The Bertz CT molecular complexity index is 523. The molecule has 26 heavy (non-hydrogen) atoms. The van der Waals surface area contributed by atoms with Gasteiger partial charge in [-0.25, -0.2) is 0 Å². The van der Waals surface area contributed by atoms with Crippen LogP contribution in [-0.4, -0.2) is 64.0 Å². The molecule has 0 aliphatic carbocycles. The second-order valence-electron chi connectivity index (χ2n) is 7.20. The van der Waals surface area contributed by atoms with Gasteiger partial charge < -0.3 is 19.7 Å². The number of rotatable bonds is 9. The van der Waals surface area contributed by atoms with E-state index in [9.17, 15) is 0 Å². The standard InChI is InChI=1S/C19H33N3O2S.HI/c1-5-20-18(21-15-19(2,3)17-7-6-12-25-17)22-9-8-16(13-22)14-24-11-10-23-4;/h6-7,12,16H,5,8-11,13-15H2,1-4H3,(H,20,21);1H. The van der Waals surface area contributed by atoms with Crippen molar-refractivity contribution in [2.45, 2.75) is 32.6 Å². The van der Waals surface area contributed by atoms with Gasteiger partial charge in [0.1, 0.15) is 0 Å². The highest BCUT2D eigenvalue weighted by atomic mass is 127. The van der Waals surface area contributed by atoms with Crippen molar-refractivity contribution in [1.82, 2.24) is 10.2 Å². The number of methoxy groups -OCH3 is 1. The number of nitrogens with zero attached hydrogens (tertiary/aromatic N) is 2. The second-order valence-corrected chi connectivity index (χ2v) is 8.15. The van der Waals surface area contributed by atoms with Crippen LogP contribution in [0.4, 0.5) is 0 Å². The van der Waals surface area contributed by atoms with Crippen molar-refractivity contribution in [3.63, 3.8) is 0 Å². The zero-order valence-corrected chi connectivity index (χ0v) is 19.6. The van der Waals surface area contributed by atoms with E-state index in [0.29, 0.717) is 19.1 Å². The lowest BCUT2D eigenvalue weighted by Crippen LogP contribution is -2.41. The van der Waals surface area contributed by atoms with E-state index in [0.717, 1.165) is 45.2 Å². The number of guanidine groups is 1. The van der Waals surface area contributed by atoms with Crippen LogP contribution in [0.25, 0.3) is 0 Å². The van der Waals surface area contributed by atoms with Crippen molar-refractivity contribution in [3.05, 3.63) is 22.4 Å². The van der Waals surface area contributed by atoms with Crippen LogP contribution in [-0.2, 0) is 14.9 Å². The lowest BCUT2D eigenvalue weighted by atomic mass is 9.92. The average Bonchev–Trinajstić information content (AvgIpc) is 3.27. The first-order chi connectivity index (χ1) is 12.1. The number of thiophene rings is 1. The molecular formula is C19H34IN3O2S. The van der Waals surface area contributed by atoms with Crippen molar-refractivity contribution < 1.29 is 9.47 Å². The quantitative estimate of drug-likeness (QED) is 0.246. The fraction of sp³-hybridized carbons (Fsp3) is 0.737. The van der Waals surface area contributed by atoms with E-state index < -0.39 is 0 Å². The highest BCUT2D eigenvalue weighted by Gasteiger charge is 2.26. The smallest absolute Gasteiger partial charge is 0.193 e. The monoisotopic (exact) mass is 495 g/mol. The molecule has 0 saturated carbocycles. The van der Waals surface area contributed by atoms with Gasteiger partial charge in [0.25, 0.3) is 0 Å². The molecule has 150 valence electrons. The Morgan fingerprint density at radius 3 is 2.88 bits per heavy atom. The van der Waals surface area contributed by atoms with Crippen LogP contribution in [0.5, 0.6) is 0 Å². The molecule has 0 radical (unpaired) electrons. The van der Waals surface area contributed by atoms with Crippen molar-refractivity contribution in [3.8, 4) is 0 Å². The van der Waals surface area contributed by atoms with E-state index >= 15 is 0 Å². The molecule has 1 saturated heterocycles. The van der Waals surface area contributed by atoms with E-state index in [1.165, 1.54) is 4.88 Å². The molecule has 1 fully saturated rings. The zero-order valence-electron chi connectivity index (χ0n) is 16.5. The maximum Gasteiger partial charge on any atom is 0.193 e. The van der Waals surface area contributed by atoms with Crippen molar-refractivity contribution in [1.29, 1.82) is 0 Å². The summed E-state index contributed by atoms with van der Waals surface area (Å²) in [4.78, 5) is 8.70. The van der Waals surface area contributed by atoms with Crippen molar-refractivity contribution in [2.24, 2.45) is 10.9 Å². The third kappa shape index (κ3) is 7.32. The van der Waals surface area contributed by atoms with E-state index in [1.54, 1.807) is 7.11 Å². The summed E-state index contributed by atoms with van der Waals surface area (Å²) in [6, 6.07) is 4.32. The summed E-state index contributed by atoms with van der Waals surface area (Å²) in [5.74, 6) is 1.61. The third-order valence-corrected chi connectivity index (χ3v) is 5.75. The molecule has 7 heteroatoms. The molecule has 0 aromatic carbocycles. The van der Waals surface area contributed by atoms with Gasteiger partial charge in [-0.2, -0.15) is 0 Å². The number of ether oxygens (including phenoxy) is 2. The summed E-state index contributed by atoms with van der Waals surface area (Å²) < 4.78 is 10.7. The van der Waals surface area contributed by atoms with E-state index in [1.807, 2.05) is 11.3 Å². The molecule has 0 bridgehead atoms. The van der Waals surface area contributed by atoms with Gasteiger partial charge in [-0.15, -0.1) is 35.3 Å². The molecule has 2 heterocycles. The van der Waals surface area contributed by atoms with E-state index in [4.69, 9.17) is 14.5 Å². The average molecular weight is 495 g/mol. The maximum absolute atomic E-state index is 5.70. The minimum atomic E-state index is 0. The van der Waals surface area contributed by atoms with Gasteiger partial charge in [-0.3, -0.25) is 4.99 Å². The van der Waals surface area contributed by atoms with Crippen LogP contribution >= 0.6 is 35.3 Å². The molecule has 0 amide bonds. The summed E-state index contributed by atoms with van der Waals surface area (Å²) in [6.07, 6.45) is 1.16. The van der Waals surface area contributed by atoms with Crippen LogP contribution in [0.15, 0.2) is 22.5 Å². The van der Waals surface area contributed by atoms with Gasteiger partial charge in [0.2, 0.25) is 0 Å². The number of aliphatic imine (C=N–C) groups is 1. The Labute approximate surface area is 179 Å². The Morgan fingerprint density at radius 2 is 2.23 bits per heavy atom. The van der Waals surface area contributed by atoms with Crippen LogP contribution in [0.3, 0.4) is 0 Å². The maximum atomic E-state index is 5.70. The first-order valence-corrected chi connectivity index (χ1v) is 10.1. The first kappa shape index (κ1) is 23.7. The van der Waals surface area contributed by atoms with Gasteiger partial charge in [-0.1, -0.05) is 19.9 Å². The van der Waals surface area contributed by atoms with E-state index in [-0.39, 0.29) is 29.4 Å². The molecule has 1 aromatic heterocycles. The summed E-state index contributed by atoms with van der Waals surface area (Å²) in [5, 5.41) is 5.60. The Morgan fingerprint density at radius 1 is 1.42 bits per heavy atom. The molecule has 5 nitrogen and oxygen atoms in total. The minimum Gasteiger partial charge on any atom is -0.382 e. The third-order valence-electron chi connectivity index (χ3n) is 4.52. The number of hydrogen-bond donors (Lipinski definition) is 1. The molecule has 1 aliphatic rings. The lowest BCUT2D eigenvalue weighted by Gasteiger charge is -2.25. The molecule has 0 spiro atoms. The van der Waals surface area contributed by atoms with Gasteiger partial charge in [-0.05, 0) is 24.8 Å². The van der Waals surface area contributed by atoms with Gasteiger partial charge in [0, 0.05) is 43.0 Å². The fourth-order valence-corrected chi connectivity index (χ4v) is 3.84. The highest BCUT2D eigenvalue weighted by Crippen LogP contribution is 2.28. The molecule has 1 aliphatic heterocycles. The highest BCUT2D eigenvalue weighted by molar-refractivity contribution is 14.0. The van der Waals surface area contributed by atoms with Crippen LogP contribution in [0.2, 0.25) is 0 Å². The molecule has 1 unspecified atom stereocenters. The number of halogens is 1. The molecule has 1 atom stereocenters. The van der Waals surface area contributed by atoms with Gasteiger partial charge >= 0.3 is 0 Å². The van der Waals surface area contributed by atoms with Gasteiger partial charge in [0.05, 0.1) is 26.4 Å². The molecule has 2 rings (SSSR count). The largest absolute Gasteiger partial charge is 0.382 e. The van der Waals surface area contributed by atoms with Crippen LogP contribution < -0.4 is 5.32 Å². The van der Waals surface area contributed by atoms with Crippen LogP contribution in [0, 0.1) is 5.92 Å². The number of hydrogen-bond acceptors (Lipinski definition) is 4. The fourth-order valence-electron chi connectivity index (χ4n) is 2.99. The lowest BCUT2D eigenvalue weighted by molar-refractivity contribution is 0.0536. The SMILES string of the molecule is CCNC(=NCC(C)(C)c1cccs1)N1CCC(COCCOC)C1.I. The van der Waals surface area contributed by atoms with Crippen molar-refractivity contribution in [2.75, 3.05) is 53.1 Å². The summed E-state index contributed by atoms with van der Waals surface area (Å²) in [6.45, 7) is 12.5. The summed E-state index contributed by atoms with van der Waals surface area (Å²) >= 11 is 1.81. The Hall–Kier alpha value is -0.380. The molecule has 1 N–H and O–H groups in total. The predicted octanol–water partition coefficient (Wildman–Crippen LogP) is 3.59. The zero-order chi connectivity index (χ0) is 18.1. The Kier molecular flexibility index (Phi) is 11.1. The molecular weight excluding hydrogens is 461 g/mol. The second kappa shape index (κ2) is 12.2. The summed E-state index contributed by atoms with van der Waals surface area (Å²) in [7, 11) is 1.71. The van der Waals surface area contributed by atoms with Crippen LogP contribution in [0.1, 0.15) is 32.1 Å². The summed E-state index contributed by atoms with van der Waals surface area (Å²) in [5.41, 5.74) is 0.0667. The topological polar surface area (TPSA) is 46.1 Å². The van der Waals surface area contributed by atoms with Crippen molar-refractivity contribution >= 4 is 41.3 Å². The predicted molar refractivity (Wildman–Crippen MR) is 121 cm³/mol. The normalized spacial score (nSPS) is 18.1.